The Morgan fingerprint density at radius 2 is 2.05 bits per heavy atom. The van der Waals surface area contributed by atoms with E-state index in [1.165, 1.54) is 11.1 Å². The molecule has 0 aromatic heterocycles. The fraction of sp³-hybridized carbons (Fsp3) is 0.588. The van der Waals surface area contributed by atoms with Crippen LogP contribution in [0.2, 0.25) is 0 Å². The van der Waals surface area contributed by atoms with Crippen molar-refractivity contribution in [3.8, 4) is 0 Å². The van der Waals surface area contributed by atoms with Crippen LogP contribution in [0, 0.1) is 0 Å². The van der Waals surface area contributed by atoms with E-state index in [2.05, 4.69) is 38.1 Å². The molecule has 0 bridgehead atoms. The van der Waals surface area contributed by atoms with E-state index in [4.69, 9.17) is 4.74 Å². The highest BCUT2D eigenvalue weighted by Gasteiger charge is 2.24. The fourth-order valence-corrected chi connectivity index (χ4v) is 2.53. The van der Waals surface area contributed by atoms with Gasteiger partial charge < -0.3 is 9.64 Å². The second-order valence-corrected chi connectivity index (χ2v) is 5.40. The van der Waals surface area contributed by atoms with Gasteiger partial charge in [-0.2, -0.15) is 0 Å². The number of nitrogens with zero attached hydrogens (tertiary/aromatic N) is 1. The lowest BCUT2D eigenvalue weighted by Crippen LogP contribution is -2.42. The Bertz CT molecular complexity index is 427. The summed E-state index contributed by atoms with van der Waals surface area (Å²) in [6, 6.07) is 8.56. The second-order valence-electron chi connectivity index (χ2n) is 5.40. The first-order chi connectivity index (χ1) is 9.74. The lowest BCUT2D eigenvalue weighted by atomic mass is 10.0. The maximum atomic E-state index is 12.1. The van der Waals surface area contributed by atoms with Crippen molar-refractivity contribution in [3.05, 3.63) is 35.4 Å². The van der Waals surface area contributed by atoms with E-state index in [-0.39, 0.29) is 12.0 Å². The fourth-order valence-electron chi connectivity index (χ4n) is 2.53. The zero-order chi connectivity index (χ0) is 14.4. The molecule has 0 radical (unpaired) electrons. The van der Waals surface area contributed by atoms with Crippen LogP contribution >= 0.6 is 0 Å². The predicted molar refractivity (Wildman–Crippen MR) is 80.6 cm³/mol. The summed E-state index contributed by atoms with van der Waals surface area (Å²) in [5.41, 5.74) is 2.51. The largest absolute Gasteiger partial charge is 0.370 e. The third-order valence-electron chi connectivity index (χ3n) is 3.92. The molecule has 3 heteroatoms. The molecular formula is C17H25NO2. The molecular weight excluding hydrogens is 250 g/mol. The number of morpholine rings is 1. The molecule has 1 amide bonds. The zero-order valence-electron chi connectivity index (χ0n) is 12.6. The van der Waals surface area contributed by atoms with Gasteiger partial charge in [0.2, 0.25) is 5.91 Å². The van der Waals surface area contributed by atoms with Crippen LogP contribution < -0.4 is 0 Å². The van der Waals surface area contributed by atoms with Crippen molar-refractivity contribution in [3.63, 3.8) is 0 Å². The van der Waals surface area contributed by atoms with Gasteiger partial charge in [0, 0.05) is 13.0 Å². The smallest absolute Gasteiger partial charge is 0.222 e. The van der Waals surface area contributed by atoms with Crippen molar-refractivity contribution in [1.82, 2.24) is 4.90 Å². The van der Waals surface area contributed by atoms with Crippen molar-refractivity contribution >= 4 is 5.91 Å². The van der Waals surface area contributed by atoms with Crippen molar-refractivity contribution < 1.29 is 9.53 Å². The Balaban J connectivity index is 1.96. The summed E-state index contributed by atoms with van der Waals surface area (Å²) in [5.74, 6) is 0.269. The second kappa shape index (κ2) is 7.44. The Kier molecular flexibility index (Phi) is 5.60. The molecule has 0 spiro atoms. The monoisotopic (exact) mass is 275 g/mol. The third kappa shape index (κ3) is 3.83. The van der Waals surface area contributed by atoms with Gasteiger partial charge in [0.25, 0.3) is 0 Å². The molecule has 1 aromatic carbocycles. The highest BCUT2D eigenvalue weighted by atomic mass is 16.5. The summed E-state index contributed by atoms with van der Waals surface area (Å²) in [6.07, 6.45) is 3.79. The van der Waals surface area contributed by atoms with Crippen LogP contribution in [0.25, 0.3) is 0 Å². The normalized spacial score (nSPS) is 19.1. The molecule has 1 aromatic rings. The van der Waals surface area contributed by atoms with Crippen molar-refractivity contribution in [2.24, 2.45) is 0 Å². The van der Waals surface area contributed by atoms with Crippen LogP contribution in [0.4, 0.5) is 0 Å². The highest BCUT2D eigenvalue weighted by Crippen LogP contribution is 2.23. The minimum Gasteiger partial charge on any atom is -0.370 e. The average molecular weight is 275 g/mol. The van der Waals surface area contributed by atoms with Crippen LogP contribution in [0.3, 0.4) is 0 Å². The van der Waals surface area contributed by atoms with Gasteiger partial charge in [-0.1, -0.05) is 44.5 Å². The quantitative estimate of drug-likeness (QED) is 0.825. The summed E-state index contributed by atoms with van der Waals surface area (Å²) in [6.45, 7) is 6.32. The summed E-state index contributed by atoms with van der Waals surface area (Å²) in [7, 11) is 0. The Morgan fingerprint density at radius 3 is 2.70 bits per heavy atom. The number of rotatable bonds is 5. The molecule has 1 aliphatic heterocycles. The van der Waals surface area contributed by atoms with Crippen LogP contribution in [0.5, 0.6) is 0 Å². The topological polar surface area (TPSA) is 29.5 Å². The molecule has 110 valence electrons. The maximum absolute atomic E-state index is 12.1. The van der Waals surface area contributed by atoms with Crippen molar-refractivity contribution in [2.75, 3.05) is 19.7 Å². The minimum absolute atomic E-state index is 0.0280. The van der Waals surface area contributed by atoms with Gasteiger partial charge in [0.15, 0.2) is 0 Å². The van der Waals surface area contributed by atoms with Crippen LogP contribution in [-0.2, 0) is 16.0 Å². The minimum atomic E-state index is 0.0280. The Hall–Kier alpha value is -1.35. The number of hydrogen-bond acceptors (Lipinski definition) is 2. The summed E-state index contributed by atoms with van der Waals surface area (Å²) in [5, 5.41) is 0. The lowest BCUT2D eigenvalue weighted by Gasteiger charge is -2.33. The molecule has 1 heterocycles. The molecule has 1 unspecified atom stereocenters. The van der Waals surface area contributed by atoms with Gasteiger partial charge in [-0.25, -0.2) is 0 Å². The van der Waals surface area contributed by atoms with Gasteiger partial charge in [0.1, 0.15) is 6.10 Å². The van der Waals surface area contributed by atoms with Gasteiger partial charge in [-0.05, 0) is 24.0 Å². The van der Waals surface area contributed by atoms with Crippen LogP contribution in [0.1, 0.15) is 50.3 Å². The summed E-state index contributed by atoms with van der Waals surface area (Å²) < 4.78 is 5.83. The third-order valence-corrected chi connectivity index (χ3v) is 3.92. The zero-order valence-corrected chi connectivity index (χ0v) is 12.6. The average Bonchev–Trinajstić information content (AvgIpc) is 2.52. The number of aryl methyl sites for hydroxylation is 1. The first kappa shape index (κ1) is 15.0. The number of benzene rings is 1. The molecule has 3 nitrogen and oxygen atoms in total. The first-order valence-electron chi connectivity index (χ1n) is 7.72. The number of carbonyl (C=O) groups excluding carboxylic acids is 1. The van der Waals surface area contributed by atoms with E-state index in [0.29, 0.717) is 19.6 Å². The molecule has 0 N–H and O–H groups in total. The van der Waals surface area contributed by atoms with E-state index < -0.39 is 0 Å². The molecule has 2 rings (SSSR count). The Morgan fingerprint density at radius 1 is 1.30 bits per heavy atom. The molecule has 1 fully saturated rings. The van der Waals surface area contributed by atoms with Crippen molar-refractivity contribution in [1.29, 1.82) is 0 Å². The van der Waals surface area contributed by atoms with E-state index in [9.17, 15) is 4.79 Å². The van der Waals surface area contributed by atoms with Gasteiger partial charge in [0.05, 0.1) is 13.2 Å². The predicted octanol–water partition coefficient (Wildman–Crippen LogP) is 3.34. The first-order valence-corrected chi connectivity index (χ1v) is 7.72. The van der Waals surface area contributed by atoms with E-state index in [1.54, 1.807) is 0 Å². The maximum Gasteiger partial charge on any atom is 0.222 e. The highest BCUT2D eigenvalue weighted by molar-refractivity contribution is 5.76. The van der Waals surface area contributed by atoms with Gasteiger partial charge >= 0.3 is 0 Å². The molecule has 0 saturated carbocycles. The number of carbonyl (C=O) groups is 1. The van der Waals surface area contributed by atoms with E-state index in [0.717, 1.165) is 25.8 Å². The van der Waals surface area contributed by atoms with Crippen LogP contribution in [0.15, 0.2) is 24.3 Å². The standard InChI is InChI=1S/C17H25NO2/c1-3-5-6-17(19)18-11-12-20-16(13-18)15-9-7-14(4-2)8-10-15/h7-10,16H,3-6,11-13H2,1-2H3. The van der Waals surface area contributed by atoms with Crippen LogP contribution in [-0.4, -0.2) is 30.5 Å². The molecule has 1 aliphatic rings. The number of unbranched alkanes of at least 4 members (excludes halogenated alkanes) is 1. The molecule has 20 heavy (non-hydrogen) atoms. The lowest BCUT2D eigenvalue weighted by molar-refractivity contribution is -0.139. The van der Waals surface area contributed by atoms with Gasteiger partial charge in [-0.3, -0.25) is 4.79 Å². The van der Waals surface area contributed by atoms with Gasteiger partial charge in [-0.15, -0.1) is 0 Å². The van der Waals surface area contributed by atoms with E-state index in [1.807, 2.05) is 4.90 Å². The number of amides is 1. The summed E-state index contributed by atoms with van der Waals surface area (Å²) in [4.78, 5) is 14.1. The number of hydrogen-bond donors (Lipinski definition) is 0. The SMILES string of the molecule is CCCCC(=O)N1CCOC(c2ccc(CC)cc2)C1. The van der Waals surface area contributed by atoms with Crippen molar-refractivity contribution in [2.45, 2.75) is 45.6 Å². The Labute approximate surface area is 121 Å². The number of ether oxygens (including phenoxy) is 1. The van der Waals surface area contributed by atoms with E-state index >= 15 is 0 Å². The summed E-state index contributed by atoms with van der Waals surface area (Å²) >= 11 is 0. The molecule has 1 saturated heterocycles. The molecule has 0 aliphatic carbocycles. The molecule has 1 atom stereocenters.